The molecule has 9 nitrogen and oxygen atoms in total. The smallest absolute Gasteiger partial charge is 0.325 e. The van der Waals surface area contributed by atoms with Crippen molar-refractivity contribution in [2.24, 2.45) is 0 Å². The van der Waals surface area contributed by atoms with Crippen molar-refractivity contribution in [2.75, 3.05) is 11.9 Å². The molecule has 2 aliphatic heterocycles. The number of amides is 4. The van der Waals surface area contributed by atoms with Gasteiger partial charge in [0.05, 0.1) is 0 Å². The zero-order valence-corrected chi connectivity index (χ0v) is 19.3. The van der Waals surface area contributed by atoms with Gasteiger partial charge in [0.2, 0.25) is 5.91 Å². The molecule has 1 unspecified atom stereocenters. The van der Waals surface area contributed by atoms with Crippen molar-refractivity contribution in [1.29, 1.82) is 0 Å². The van der Waals surface area contributed by atoms with Crippen LogP contribution in [0.15, 0.2) is 48.5 Å². The van der Waals surface area contributed by atoms with Gasteiger partial charge in [0.25, 0.3) is 5.91 Å². The molecule has 1 fully saturated rings. The lowest BCUT2D eigenvalue weighted by atomic mass is 9.92. The number of fused-ring (bicyclic) bond motifs is 1. The van der Waals surface area contributed by atoms with Crippen LogP contribution in [0.4, 0.5) is 14.9 Å². The standard InChI is InChI=1S/C25H25FN6O3/c1-25(17-8-10-18(26)11-9-17)23(34)32(24(35)28-25)15-21(33)27-19-12-6-16(7-13-19)22-30-29-20-5-3-2-4-14-31(20)22/h6-13H,2-5,14-15H2,1H3,(H,27,33)(H,28,35). The molecule has 35 heavy (non-hydrogen) atoms. The van der Waals surface area contributed by atoms with E-state index in [0.717, 1.165) is 47.9 Å². The van der Waals surface area contributed by atoms with Crippen molar-refractivity contribution >= 4 is 23.5 Å². The van der Waals surface area contributed by atoms with Crippen molar-refractivity contribution in [1.82, 2.24) is 25.0 Å². The fraction of sp³-hybridized carbons (Fsp3) is 0.320. The maximum absolute atomic E-state index is 13.3. The van der Waals surface area contributed by atoms with E-state index in [-0.39, 0.29) is 0 Å². The number of hydrogen-bond acceptors (Lipinski definition) is 5. The minimum Gasteiger partial charge on any atom is -0.325 e. The summed E-state index contributed by atoms with van der Waals surface area (Å²) in [5, 5.41) is 14.0. The number of carbonyl (C=O) groups excluding carboxylic acids is 3. The normalized spacial score (nSPS) is 19.8. The van der Waals surface area contributed by atoms with Gasteiger partial charge < -0.3 is 15.2 Å². The average Bonchev–Trinajstić information content (AvgIpc) is 3.22. The summed E-state index contributed by atoms with van der Waals surface area (Å²) < 4.78 is 15.4. The predicted molar refractivity (Wildman–Crippen MR) is 126 cm³/mol. The van der Waals surface area contributed by atoms with Gasteiger partial charge in [-0.15, -0.1) is 10.2 Å². The molecular formula is C25H25FN6O3. The van der Waals surface area contributed by atoms with E-state index in [1.54, 1.807) is 12.1 Å². The first-order valence-electron chi connectivity index (χ1n) is 11.6. The molecule has 3 aromatic rings. The number of aromatic nitrogens is 3. The Labute approximate surface area is 201 Å². The van der Waals surface area contributed by atoms with Gasteiger partial charge in [-0.25, -0.2) is 9.18 Å². The van der Waals surface area contributed by atoms with Crippen molar-refractivity contribution in [3.63, 3.8) is 0 Å². The molecule has 2 aromatic carbocycles. The molecule has 0 radical (unpaired) electrons. The van der Waals surface area contributed by atoms with E-state index in [0.29, 0.717) is 11.3 Å². The van der Waals surface area contributed by atoms with Crippen LogP contribution in [-0.2, 0) is 28.1 Å². The summed E-state index contributed by atoms with van der Waals surface area (Å²) in [6.07, 6.45) is 4.30. The number of hydrogen-bond donors (Lipinski definition) is 2. The van der Waals surface area contributed by atoms with Crippen LogP contribution in [0.25, 0.3) is 11.4 Å². The summed E-state index contributed by atoms with van der Waals surface area (Å²) >= 11 is 0. The lowest BCUT2D eigenvalue weighted by Gasteiger charge is -2.22. The summed E-state index contributed by atoms with van der Waals surface area (Å²) in [6.45, 7) is 1.97. The largest absolute Gasteiger partial charge is 0.325 e. The highest BCUT2D eigenvalue weighted by Gasteiger charge is 2.49. The Hall–Kier alpha value is -4.08. The average molecular weight is 477 g/mol. The van der Waals surface area contributed by atoms with Crippen LogP contribution in [0.2, 0.25) is 0 Å². The second-order valence-electron chi connectivity index (χ2n) is 8.98. The molecule has 1 aromatic heterocycles. The number of urea groups is 1. The quantitative estimate of drug-likeness (QED) is 0.550. The highest BCUT2D eigenvalue weighted by Crippen LogP contribution is 2.29. The van der Waals surface area contributed by atoms with Crippen molar-refractivity contribution in [3.8, 4) is 11.4 Å². The predicted octanol–water partition coefficient (Wildman–Crippen LogP) is 3.22. The van der Waals surface area contributed by atoms with Crippen molar-refractivity contribution < 1.29 is 18.8 Å². The minimum absolute atomic E-state index is 0.433. The lowest BCUT2D eigenvalue weighted by Crippen LogP contribution is -2.42. The first-order valence-corrected chi connectivity index (χ1v) is 11.6. The molecule has 10 heteroatoms. The molecule has 1 saturated heterocycles. The van der Waals surface area contributed by atoms with Gasteiger partial charge in [-0.2, -0.15) is 0 Å². The van der Waals surface area contributed by atoms with E-state index in [2.05, 4.69) is 25.4 Å². The zero-order valence-electron chi connectivity index (χ0n) is 19.3. The van der Waals surface area contributed by atoms with Gasteiger partial charge in [0, 0.05) is 24.2 Å². The molecule has 0 aliphatic carbocycles. The monoisotopic (exact) mass is 476 g/mol. The maximum Gasteiger partial charge on any atom is 0.325 e. The van der Waals surface area contributed by atoms with Gasteiger partial charge >= 0.3 is 6.03 Å². The van der Waals surface area contributed by atoms with Crippen LogP contribution >= 0.6 is 0 Å². The van der Waals surface area contributed by atoms with Crippen LogP contribution in [-0.4, -0.2) is 44.1 Å². The number of nitrogens with one attached hydrogen (secondary N) is 2. The van der Waals surface area contributed by atoms with Gasteiger partial charge in [-0.1, -0.05) is 18.6 Å². The SMILES string of the molecule is CC1(c2ccc(F)cc2)NC(=O)N(CC(=O)Nc2ccc(-c3nnc4n3CCCCC4)cc2)C1=O. The van der Waals surface area contributed by atoms with E-state index in [1.807, 2.05) is 12.1 Å². The minimum atomic E-state index is -1.37. The molecule has 180 valence electrons. The summed E-state index contributed by atoms with van der Waals surface area (Å²) in [5.41, 5.74) is 0.487. The summed E-state index contributed by atoms with van der Waals surface area (Å²) in [7, 11) is 0. The Kier molecular flexibility index (Phi) is 5.80. The maximum atomic E-state index is 13.3. The fourth-order valence-corrected chi connectivity index (χ4v) is 4.56. The van der Waals surface area contributed by atoms with E-state index >= 15 is 0 Å². The zero-order chi connectivity index (χ0) is 24.6. The van der Waals surface area contributed by atoms with E-state index < -0.39 is 35.7 Å². The van der Waals surface area contributed by atoms with Crippen molar-refractivity contribution in [3.05, 3.63) is 65.7 Å². The summed E-state index contributed by atoms with van der Waals surface area (Å²) in [4.78, 5) is 38.9. The molecule has 2 aliphatic rings. The molecule has 1 atom stereocenters. The number of imide groups is 1. The third-order valence-electron chi connectivity index (χ3n) is 6.53. The van der Waals surface area contributed by atoms with Crippen LogP contribution < -0.4 is 10.6 Å². The number of anilines is 1. The Morgan fingerprint density at radius 1 is 1.06 bits per heavy atom. The molecule has 4 amide bonds. The highest BCUT2D eigenvalue weighted by atomic mass is 19.1. The molecular weight excluding hydrogens is 451 g/mol. The van der Waals surface area contributed by atoms with Gasteiger partial charge in [0.1, 0.15) is 23.7 Å². The van der Waals surface area contributed by atoms with Gasteiger partial charge in [0.15, 0.2) is 5.82 Å². The third-order valence-corrected chi connectivity index (χ3v) is 6.53. The second kappa shape index (κ2) is 8.94. The van der Waals surface area contributed by atoms with Crippen LogP contribution in [0.5, 0.6) is 0 Å². The third kappa shape index (κ3) is 4.27. The summed E-state index contributed by atoms with van der Waals surface area (Å²) in [5.74, 6) is 0.263. The molecule has 2 N–H and O–H groups in total. The molecule has 3 heterocycles. The van der Waals surface area contributed by atoms with E-state index in [1.165, 1.54) is 37.6 Å². The number of carbonyl (C=O) groups is 3. The number of benzene rings is 2. The topological polar surface area (TPSA) is 109 Å². The number of nitrogens with zero attached hydrogens (tertiary/aromatic N) is 4. The van der Waals surface area contributed by atoms with Gasteiger partial charge in [-0.05, 0) is 61.7 Å². The van der Waals surface area contributed by atoms with Crippen molar-refractivity contribution in [2.45, 2.75) is 44.7 Å². The first kappa shape index (κ1) is 22.7. The molecule has 0 spiro atoms. The lowest BCUT2D eigenvalue weighted by molar-refractivity contribution is -0.133. The first-order chi connectivity index (χ1) is 16.8. The number of halogens is 1. The summed E-state index contributed by atoms with van der Waals surface area (Å²) in [6, 6.07) is 11.8. The Morgan fingerprint density at radius 2 is 1.80 bits per heavy atom. The number of aryl methyl sites for hydroxylation is 1. The Morgan fingerprint density at radius 3 is 2.54 bits per heavy atom. The molecule has 5 rings (SSSR count). The molecule has 0 bridgehead atoms. The van der Waals surface area contributed by atoms with Gasteiger partial charge in [-0.3, -0.25) is 14.5 Å². The Bertz CT molecular complexity index is 1290. The Balaban J connectivity index is 1.25. The van der Waals surface area contributed by atoms with E-state index in [4.69, 9.17) is 0 Å². The molecule has 0 saturated carbocycles. The second-order valence-corrected chi connectivity index (χ2v) is 8.98. The van der Waals surface area contributed by atoms with Crippen LogP contribution in [0, 0.1) is 5.82 Å². The fourth-order valence-electron chi connectivity index (χ4n) is 4.56. The number of rotatable bonds is 5. The highest BCUT2D eigenvalue weighted by molar-refractivity contribution is 6.10. The van der Waals surface area contributed by atoms with Crippen LogP contribution in [0.1, 0.15) is 37.6 Å². The van der Waals surface area contributed by atoms with E-state index in [9.17, 15) is 18.8 Å². The van der Waals surface area contributed by atoms with Crippen LogP contribution in [0.3, 0.4) is 0 Å².